The number of halogens is 1. The third-order valence-corrected chi connectivity index (χ3v) is 5.03. The van der Waals surface area contributed by atoms with Crippen molar-refractivity contribution < 1.29 is 13.9 Å². The van der Waals surface area contributed by atoms with E-state index in [-0.39, 0.29) is 18.1 Å². The number of hydrogen-bond donors (Lipinski definition) is 0. The quantitative estimate of drug-likeness (QED) is 0.609. The number of ether oxygens (including phenoxy) is 1. The molecule has 0 aliphatic heterocycles. The minimum absolute atomic E-state index is 0.0150. The summed E-state index contributed by atoms with van der Waals surface area (Å²) in [6, 6.07) is 14.0. The van der Waals surface area contributed by atoms with Gasteiger partial charge >= 0.3 is 0 Å². The van der Waals surface area contributed by atoms with Gasteiger partial charge in [-0.05, 0) is 48.9 Å². The summed E-state index contributed by atoms with van der Waals surface area (Å²) in [6.07, 6.45) is 0.235. The highest BCUT2D eigenvalue weighted by Crippen LogP contribution is 2.24. The van der Waals surface area contributed by atoms with Crippen LogP contribution in [-0.2, 0) is 11.2 Å². The van der Waals surface area contributed by atoms with Crippen molar-refractivity contribution >= 4 is 17.2 Å². The summed E-state index contributed by atoms with van der Waals surface area (Å²) in [5, 5.41) is 2.65. The fraction of sp³-hybridized carbons (Fsp3) is 0.238. The molecular formula is C21H21FN2O2S. The lowest BCUT2D eigenvalue weighted by molar-refractivity contribution is -0.129. The van der Waals surface area contributed by atoms with Crippen LogP contribution < -0.4 is 4.74 Å². The first-order valence-electron chi connectivity index (χ1n) is 8.65. The maximum Gasteiger partial charge on any atom is 0.228 e. The van der Waals surface area contributed by atoms with Crippen LogP contribution >= 0.6 is 11.3 Å². The van der Waals surface area contributed by atoms with E-state index in [9.17, 15) is 9.18 Å². The first-order valence-corrected chi connectivity index (χ1v) is 9.53. The van der Waals surface area contributed by atoms with Crippen molar-refractivity contribution in [3.63, 3.8) is 0 Å². The van der Waals surface area contributed by atoms with Gasteiger partial charge in [0.15, 0.2) is 0 Å². The molecule has 0 atom stereocenters. The molecule has 27 heavy (non-hydrogen) atoms. The van der Waals surface area contributed by atoms with Gasteiger partial charge in [0, 0.05) is 18.0 Å². The summed E-state index contributed by atoms with van der Waals surface area (Å²) in [6.45, 7) is 2.95. The summed E-state index contributed by atoms with van der Waals surface area (Å²) >= 11 is 1.45. The van der Waals surface area contributed by atoms with Crippen LogP contribution in [0.2, 0.25) is 0 Å². The molecule has 0 spiro atoms. The highest BCUT2D eigenvalue weighted by atomic mass is 32.1. The highest BCUT2D eigenvalue weighted by molar-refractivity contribution is 7.13. The smallest absolute Gasteiger partial charge is 0.228 e. The molecule has 1 heterocycles. The zero-order valence-electron chi connectivity index (χ0n) is 15.3. The van der Waals surface area contributed by atoms with Gasteiger partial charge in [-0.25, -0.2) is 9.37 Å². The van der Waals surface area contributed by atoms with E-state index in [0.29, 0.717) is 13.2 Å². The van der Waals surface area contributed by atoms with E-state index in [1.54, 1.807) is 24.1 Å². The third-order valence-electron chi connectivity index (χ3n) is 4.09. The summed E-state index contributed by atoms with van der Waals surface area (Å²) in [7, 11) is 1.76. The molecule has 3 aromatic rings. The Balaban J connectivity index is 1.50. The van der Waals surface area contributed by atoms with E-state index in [2.05, 4.69) is 4.98 Å². The SMILES string of the molecule is Cc1cccc(OCCN(C)C(=O)Cc2csc(-c3ccc(F)cc3)n2)c1. The zero-order chi connectivity index (χ0) is 19.2. The van der Waals surface area contributed by atoms with Crippen molar-refractivity contribution in [3.8, 4) is 16.3 Å². The molecule has 0 fully saturated rings. The maximum absolute atomic E-state index is 13.0. The molecule has 3 rings (SSSR count). The largest absolute Gasteiger partial charge is 0.492 e. The van der Waals surface area contributed by atoms with Crippen molar-refractivity contribution in [2.24, 2.45) is 0 Å². The number of aryl methyl sites for hydroxylation is 1. The van der Waals surface area contributed by atoms with Crippen LogP contribution in [0.15, 0.2) is 53.9 Å². The van der Waals surface area contributed by atoms with Crippen molar-refractivity contribution in [1.82, 2.24) is 9.88 Å². The second-order valence-corrected chi connectivity index (χ2v) is 7.17. The Labute approximate surface area is 162 Å². The van der Waals surface area contributed by atoms with Crippen molar-refractivity contribution in [1.29, 1.82) is 0 Å². The average molecular weight is 384 g/mol. The van der Waals surface area contributed by atoms with Crippen molar-refractivity contribution in [3.05, 3.63) is 71.0 Å². The fourth-order valence-electron chi connectivity index (χ4n) is 2.53. The molecule has 0 bridgehead atoms. The second-order valence-electron chi connectivity index (χ2n) is 6.31. The third kappa shape index (κ3) is 5.37. The molecule has 4 nitrogen and oxygen atoms in total. The van der Waals surface area contributed by atoms with Gasteiger partial charge in [-0.2, -0.15) is 0 Å². The van der Waals surface area contributed by atoms with E-state index in [0.717, 1.165) is 27.6 Å². The summed E-state index contributed by atoms with van der Waals surface area (Å²) in [4.78, 5) is 18.5. The van der Waals surface area contributed by atoms with Crippen LogP contribution in [0.3, 0.4) is 0 Å². The van der Waals surface area contributed by atoms with Crippen LogP contribution in [0.4, 0.5) is 4.39 Å². The molecule has 0 aliphatic rings. The van der Waals surface area contributed by atoms with Gasteiger partial charge in [0.1, 0.15) is 23.2 Å². The number of likely N-dealkylation sites (N-methyl/N-ethyl adjacent to an activating group) is 1. The Morgan fingerprint density at radius 3 is 2.74 bits per heavy atom. The molecule has 0 aliphatic carbocycles. The van der Waals surface area contributed by atoms with Crippen molar-refractivity contribution in [2.75, 3.05) is 20.2 Å². The summed E-state index contributed by atoms with van der Waals surface area (Å²) < 4.78 is 18.7. The van der Waals surface area contributed by atoms with Gasteiger partial charge in [-0.3, -0.25) is 4.79 Å². The van der Waals surface area contributed by atoms with Crippen LogP contribution in [-0.4, -0.2) is 36.0 Å². The van der Waals surface area contributed by atoms with Gasteiger partial charge in [0.2, 0.25) is 5.91 Å². The average Bonchev–Trinajstić information content (AvgIpc) is 3.10. The van der Waals surface area contributed by atoms with E-state index >= 15 is 0 Å². The number of hydrogen-bond acceptors (Lipinski definition) is 4. The van der Waals surface area contributed by atoms with E-state index in [1.807, 2.05) is 36.6 Å². The predicted octanol–water partition coefficient (Wildman–Crippen LogP) is 4.34. The van der Waals surface area contributed by atoms with Crippen molar-refractivity contribution in [2.45, 2.75) is 13.3 Å². The van der Waals surface area contributed by atoms with Crippen LogP contribution in [0.5, 0.6) is 5.75 Å². The Bertz CT molecular complexity index is 909. The molecule has 2 aromatic carbocycles. The first-order chi connectivity index (χ1) is 13.0. The predicted molar refractivity (Wildman–Crippen MR) is 106 cm³/mol. The summed E-state index contributed by atoms with van der Waals surface area (Å²) in [5.74, 6) is 0.512. The molecule has 1 amide bonds. The standard InChI is InChI=1S/C21H21FN2O2S/c1-15-4-3-5-19(12-15)26-11-10-24(2)20(25)13-18-14-27-21(23-18)16-6-8-17(22)9-7-16/h3-9,12,14H,10-11,13H2,1-2H3. The zero-order valence-corrected chi connectivity index (χ0v) is 16.1. The van der Waals surface area contributed by atoms with Crippen LogP contribution in [0.25, 0.3) is 10.6 Å². The Morgan fingerprint density at radius 2 is 2.00 bits per heavy atom. The highest BCUT2D eigenvalue weighted by Gasteiger charge is 2.13. The molecule has 0 saturated carbocycles. The number of aromatic nitrogens is 1. The Morgan fingerprint density at radius 1 is 1.22 bits per heavy atom. The van der Waals surface area contributed by atoms with E-state index in [1.165, 1.54) is 23.5 Å². The van der Waals surface area contributed by atoms with Gasteiger partial charge < -0.3 is 9.64 Å². The number of nitrogens with zero attached hydrogens (tertiary/aromatic N) is 2. The molecule has 0 N–H and O–H groups in total. The molecule has 140 valence electrons. The lowest BCUT2D eigenvalue weighted by atomic mass is 10.2. The van der Waals surface area contributed by atoms with E-state index < -0.39 is 0 Å². The Hall–Kier alpha value is -2.73. The maximum atomic E-state index is 13.0. The molecule has 1 aromatic heterocycles. The number of carbonyl (C=O) groups excluding carboxylic acids is 1. The first kappa shape index (κ1) is 19.0. The van der Waals surface area contributed by atoms with E-state index in [4.69, 9.17) is 4.74 Å². The van der Waals surface area contributed by atoms with Gasteiger partial charge in [0.05, 0.1) is 18.7 Å². The topological polar surface area (TPSA) is 42.4 Å². The van der Waals surface area contributed by atoms with Crippen LogP contribution in [0.1, 0.15) is 11.3 Å². The second kappa shape index (κ2) is 8.77. The number of thiazole rings is 1. The minimum atomic E-state index is -0.278. The van der Waals surface area contributed by atoms with Gasteiger partial charge in [-0.1, -0.05) is 12.1 Å². The Kier molecular flexibility index (Phi) is 6.19. The van der Waals surface area contributed by atoms with Gasteiger partial charge in [0.25, 0.3) is 0 Å². The van der Waals surface area contributed by atoms with Crippen LogP contribution in [0, 0.1) is 12.7 Å². The fourth-order valence-corrected chi connectivity index (χ4v) is 3.36. The number of benzene rings is 2. The normalized spacial score (nSPS) is 10.6. The number of amides is 1. The number of rotatable bonds is 7. The van der Waals surface area contributed by atoms with Gasteiger partial charge in [-0.15, -0.1) is 11.3 Å². The lowest BCUT2D eigenvalue weighted by Gasteiger charge is -2.17. The molecule has 0 unspecified atom stereocenters. The lowest BCUT2D eigenvalue weighted by Crippen LogP contribution is -2.32. The molecule has 0 radical (unpaired) electrons. The summed E-state index contributed by atoms with van der Waals surface area (Å²) in [5.41, 5.74) is 2.70. The molecular weight excluding hydrogens is 363 g/mol. The molecule has 6 heteroatoms. The molecule has 0 saturated heterocycles. The monoisotopic (exact) mass is 384 g/mol. The minimum Gasteiger partial charge on any atom is -0.492 e. The number of carbonyl (C=O) groups is 1.